The topological polar surface area (TPSA) is 64.4 Å². The molecule has 0 spiro atoms. The van der Waals surface area contributed by atoms with E-state index in [2.05, 4.69) is 18.2 Å². The summed E-state index contributed by atoms with van der Waals surface area (Å²) in [6.07, 6.45) is 7.46. The van der Waals surface area contributed by atoms with E-state index in [0.29, 0.717) is 31.7 Å². The van der Waals surface area contributed by atoms with Gasteiger partial charge < -0.3 is 10.1 Å². The van der Waals surface area contributed by atoms with Crippen LogP contribution in [0.15, 0.2) is 18.2 Å². The third-order valence-corrected chi connectivity index (χ3v) is 2.70. The van der Waals surface area contributed by atoms with Crippen molar-refractivity contribution in [1.29, 1.82) is 0 Å². The zero-order valence-corrected chi connectivity index (χ0v) is 11.7. The molecule has 1 N–H and O–H groups in total. The SMILES string of the molecule is C#CCCCOc1ccc(CNCCC)cc1[N+](=O)[O-]. The Labute approximate surface area is 119 Å². The van der Waals surface area contributed by atoms with E-state index in [-0.39, 0.29) is 5.69 Å². The standard InChI is InChI=1S/C15H20N2O3/c1-3-5-6-10-20-15-8-7-13(12-16-9-4-2)11-14(15)17(18)19/h1,7-8,11,16H,4-6,9-10,12H2,2H3. The van der Waals surface area contributed by atoms with Crippen LogP contribution in [-0.4, -0.2) is 18.1 Å². The van der Waals surface area contributed by atoms with Gasteiger partial charge in [-0.05, 0) is 31.0 Å². The van der Waals surface area contributed by atoms with Crippen molar-refractivity contribution in [3.63, 3.8) is 0 Å². The van der Waals surface area contributed by atoms with Gasteiger partial charge in [-0.3, -0.25) is 10.1 Å². The highest BCUT2D eigenvalue weighted by Crippen LogP contribution is 2.28. The summed E-state index contributed by atoms with van der Waals surface area (Å²) in [5.41, 5.74) is 0.877. The highest BCUT2D eigenvalue weighted by molar-refractivity contribution is 5.48. The van der Waals surface area contributed by atoms with Gasteiger partial charge in [-0.1, -0.05) is 13.0 Å². The molecular weight excluding hydrogens is 256 g/mol. The van der Waals surface area contributed by atoms with Crippen molar-refractivity contribution < 1.29 is 9.66 Å². The summed E-state index contributed by atoms with van der Waals surface area (Å²) in [6, 6.07) is 5.04. The first-order valence-electron chi connectivity index (χ1n) is 6.73. The number of nitrogens with one attached hydrogen (secondary N) is 1. The first-order chi connectivity index (χ1) is 9.69. The summed E-state index contributed by atoms with van der Waals surface area (Å²) < 4.78 is 5.42. The summed E-state index contributed by atoms with van der Waals surface area (Å²) >= 11 is 0. The average Bonchev–Trinajstić information content (AvgIpc) is 2.44. The van der Waals surface area contributed by atoms with Crippen LogP contribution in [0, 0.1) is 22.5 Å². The lowest BCUT2D eigenvalue weighted by molar-refractivity contribution is -0.385. The van der Waals surface area contributed by atoms with Crippen LogP contribution < -0.4 is 10.1 Å². The molecule has 0 radical (unpaired) electrons. The number of rotatable bonds is 9. The monoisotopic (exact) mass is 276 g/mol. The fourth-order valence-corrected chi connectivity index (χ4v) is 1.70. The van der Waals surface area contributed by atoms with Crippen molar-refractivity contribution >= 4 is 5.69 Å². The largest absolute Gasteiger partial charge is 0.487 e. The fourth-order valence-electron chi connectivity index (χ4n) is 1.70. The van der Waals surface area contributed by atoms with E-state index in [0.717, 1.165) is 18.5 Å². The molecule has 108 valence electrons. The van der Waals surface area contributed by atoms with Gasteiger partial charge in [-0.15, -0.1) is 12.3 Å². The molecule has 0 saturated heterocycles. The molecular formula is C15H20N2O3. The second-order valence-corrected chi connectivity index (χ2v) is 4.39. The minimum Gasteiger partial charge on any atom is -0.487 e. The first-order valence-corrected chi connectivity index (χ1v) is 6.73. The Balaban J connectivity index is 2.69. The second kappa shape index (κ2) is 8.94. The summed E-state index contributed by atoms with van der Waals surface area (Å²) in [4.78, 5) is 10.6. The number of nitrogens with zero attached hydrogens (tertiary/aromatic N) is 1. The van der Waals surface area contributed by atoms with Crippen molar-refractivity contribution in [3.8, 4) is 18.1 Å². The van der Waals surface area contributed by atoms with E-state index in [9.17, 15) is 10.1 Å². The van der Waals surface area contributed by atoms with Crippen LogP contribution in [0.2, 0.25) is 0 Å². The quantitative estimate of drug-likeness (QED) is 0.326. The van der Waals surface area contributed by atoms with Crippen LogP contribution >= 0.6 is 0 Å². The van der Waals surface area contributed by atoms with Gasteiger partial charge in [-0.25, -0.2) is 0 Å². The highest BCUT2D eigenvalue weighted by atomic mass is 16.6. The fraction of sp³-hybridized carbons (Fsp3) is 0.467. The number of unbranched alkanes of at least 4 members (excludes halogenated alkanes) is 1. The van der Waals surface area contributed by atoms with Gasteiger partial charge in [0, 0.05) is 19.0 Å². The molecule has 5 heteroatoms. The van der Waals surface area contributed by atoms with Crippen molar-refractivity contribution in [2.75, 3.05) is 13.2 Å². The van der Waals surface area contributed by atoms with Crippen LogP contribution in [0.5, 0.6) is 5.75 Å². The zero-order valence-electron chi connectivity index (χ0n) is 11.7. The van der Waals surface area contributed by atoms with Crippen molar-refractivity contribution in [2.45, 2.75) is 32.7 Å². The van der Waals surface area contributed by atoms with Crippen molar-refractivity contribution in [3.05, 3.63) is 33.9 Å². The van der Waals surface area contributed by atoms with Gasteiger partial charge in [0.1, 0.15) is 0 Å². The van der Waals surface area contributed by atoms with Gasteiger partial charge in [0.05, 0.1) is 11.5 Å². The summed E-state index contributed by atoms with van der Waals surface area (Å²) in [5, 5.41) is 14.3. The molecule has 0 atom stereocenters. The van der Waals surface area contributed by atoms with Crippen molar-refractivity contribution in [1.82, 2.24) is 5.32 Å². The average molecular weight is 276 g/mol. The van der Waals surface area contributed by atoms with Crippen LogP contribution in [-0.2, 0) is 6.54 Å². The summed E-state index contributed by atoms with van der Waals surface area (Å²) in [6.45, 7) is 3.96. The zero-order chi connectivity index (χ0) is 14.8. The Kier molecular flexibility index (Phi) is 7.15. The minimum atomic E-state index is -0.417. The number of benzene rings is 1. The van der Waals surface area contributed by atoms with Gasteiger partial charge in [-0.2, -0.15) is 0 Å². The van der Waals surface area contributed by atoms with Crippen LogP contribution in [0.25, 0.3) is 0 Å². The number of hydrogen-bond donors (Lipinski definition) is 1. The van der Waals surface area contributed by atoms with Crippen LogP contribution in [0.3, 0.4) is 0 Å². The summed E-state index contributed by atoms with van der Waals surface area (Å²) in [5.74, 6) is 2.80. The van der Waals surface area contributed by atoms with Gasteiger partial charge in [0.2, 0.25) is 0 Å². The second-order valence-electron chi connectivity index (χ2n) is 4.39. The third kappa shape index (κ3) is 5.29. The third-order valence-electron chi connectivity index (χ3n) is 2.70. The molecule has 0 heterocycles. The Bertz CT molecular complexity index is 480. The Hall–Kier alpha value is -2.06. The number of ether oxygens (including phenoxy) is 1. The Morgan fingerprint density at radius 2 is 2.30 bits per heavy atom. The predicted molar refractivity (Wildman–Crippen MR) is 78.7 cm³/mol. The smallest absolute Gasteiger partial charge is 0.311 e. The van der Waals surface area contributed by atoms with E-state index >= 15 is 0 Å². The normalized spacial score (nSPS) is 10.0. The number of hydrogen-bond acceptors (Lipinski definition) is 4. The number of nitro groups is 1. The van der Waals surface area contributed by atoms with Crippen molar-refractivity contribution in [2.24, 2.45) is 0 Å². The molecule has 0 unspecified atom stereocenters. The maximum atomic E-state index is 11.1. The highest BCUT2D eigenvalue weighted by Gasteiger charge is 2.15. The molecule has 0 bridgehead atoms. The molecule has 1 aromatic carbocycles. The maximum Gasteiger partial charge on any atom is 0.311 e. The van der Waals surface area contributed by atoms with Gasteiger partial charge in [0.25, 0.3) is 0 Å². The molecule has 1 rings (SSSR count). The molecule has 1 aromatic rings. The molecule has 0 aliphatic rings. The molecule has 0 saturated carbocycles. The predicted octanol–water partition coefficient (Wildman–Crippen LogP) is 2.89. The lowest BCUT2D eigenvalue weighted by Gasteiger charge is -2.08. The number of terminal acetylenes is 1. The van der Waals surface area contributed by atoms with E-state index in [1.807, 2.05) is 6.07 Å². The van der Waals surface area contributed by atoms with E-state index in [4.69, 9.17) is 11.2 Å². The molecule has 0 fully saturated rings. The number of nitro benzene ring substituents is 1. The molecule has 0 aliphatic heterocycles. The van der Waals surface area contributed by atoms with Gasteiger partial charge >= 0.3 is 5.69 Å². The molecule has 20 heavy (non-hydrogen) atoms. The Morgan fingerprint density at radius 3 is 2.95 bits per heavy atom. The van der Waals surface area contributed by atoms with E-state index < -0.39 is 4.92 Å². The molecule has 0 amide bonds. The molecule has 0 aliphatic carbocycles. The van der Waals surface area contributed by atoms with E-state index in [1.54, 1.807) is 12.1 Å². The summed E-state index contributed by atoms with van der Waals surface area (Å²) in [7, 11) is 0. The lowest BCUT2D eigenvalue weighted by Crippen LogP contribution is -2.14. The minimum absolute atomic E-state index is 0.00139. The Morgan fingerprint density at radius 1 is 1.50 bits per heavy atom. The van der Waals surface area contributed by atoms with Crippen LogP contribution in [0.4, 0.5) is 5.69 Å². The molecule has 0 aromatic heterocycles. The lowest BCUT2D eigenvalue weighted by atomic mass is 10.2. The first kappa shape index (κ1) is 16.0. The van der Waals surface area contributed by atoms with E-state index in [1.165, 1.54) is 0 Å². The van der Waals surface area contributed by atoms with Crippen LogP contribution in [0.1, 0.15) is 31.7 Å². The van der Waals surface area contributed by atoms with Gasteiger partial charge in [0.15, 0.2) is 5.75 Å². The maximum absolute atomic E-state index is 11.1. The molecule has 5 nitrogen and oxygen atoms in total.